The van der Waals surface area contributed by atoms with Gasteiger partial charge in [-0.1, -0.05) is 36.4 Å². The monoisotopic (exact) mass is 419 g/mol. The molecule has 1 amide bonds. The van der Waals surface area contributed by atoms with Crippen molar-refractivity contribution in [3.8, 4) is 5.75 Å². The molecule has 2 aromatic carbocycles. The van der Waals surface area contributed by atoms with Crippen LogP contribution in [0.3, 0.4) is 0 Å². The number of carbonyl (C=O) groups excluding carboxylic acids is 2. The zero-order valence-corrected chi connectivity index (χ0v) is 16.9. The Morgan fingerprint density at radius 2 is 1.74 bits per heavy atom. The van der Waals surface area contributed by atoms with Crippen LogP contribution in [0.4, 0.5) is 0 Å². The van der Waals surface area contributed by atoms with Crippen molar-refractivity contribution < 1.29 is 27.9 Å². The van der Waals surface area contributed by atoms with E-state index in [0.29, 0.717) is 17.3 Å². The average Bonchev–Trinajstić information content (AvgIpc) is 3.44. The number of para-hydroxylation sites is 2. The number of carbonyl (C=O) groups is 2. The molecule has 158 valence electrons. The Labute approximate surface area is 178 Å². The van der Waals surface area contributed by atoms with Gasteiger partial charge in [0.1, 0.15) is 29.5 Å². The maximum atomic E-state index is 12.2. The molecule has 0 unspecified atom stereocenters. The first kappa shape index (κ1) is 20.3. The van der Waals surface area contributed by atoms with Crippen molar-refractivity contribution in [3.63, 3.8) is 0 Å². The smallest absolute Gasteiger partial charge is 0.374 e. The molecule has 0 radical (unpaired) electrons. The molecule has 31 heavy (non-hydrogen) atoms. The van der Waals surface area contributed by atoms with E-state index < -0.39 is 18.5 Å². The first-order valence-corrected chi connectivity index (χ1v) is 9.80. The molecule has 0 aliphatic rings. The number of nitrogens with one attached hydrogen (secondary N) is 1. The highest BCUT2D eigenvalue weighted by Crippen LogP contribution is 2.23. The summed E-state index contributed by atoms with van der Waals surface area (Å²) < 4.78 is 21.8. The van der Waals surface area contributed by atoms with Gasteiger partial charge in [0.05, 0.1) is 6.04 Å². The Morgan fingerprint density at radius 3 is 2.55 bits per heavy atom. The quantitative estimate of drug-likeness (QED) is 0.419. The van der Waals surface area contributed by atoms with Gasteiger partial charge in [-0.2, -0.15) is 0 Å². The zero-order valence-electron chi connectivity index (χ0n) is 16.9. The SMILES string of the molecule is C[C@@H](NC(=O)COC(=O)c1ccc(COc2ccccc2)o1)c1cc2ccccc2o1. The van der Waals surface area contributed by atoms with Crippen LogP contribution in [-0.2, 0) is 16.1 Å². The number of ether oxygens (including phenoxy) is 2. The van der Waals surface area contributed by atoms with Gasteiger partial charge in [-0.3, -0.25) is 4.79 Å². The second kappa shape index (κ2) is 9.21. The van der Waals surface area contributed by atoms with E-state index in [1.807, 2.05) is 60.7 Å². The van der Waals surface area contributed by atoms with Gasteiger partial charge in [-0.15, -0.1) is 0 Å². The minimum absolute atomic E-state index is 0.00444. The van der Waals surface area contributed by atoms with Crippen LogP contribution in [0.2, 0.25) is 0 Å². The maximum absolute atomic E-state index is 12.2. The number of esters is 1. The minimum atomic E-state index is -0.725. The summed E-state index contributed by atoms with van der Waals surface area (Å²) >= 11 is 0. The van der Waals surface area contributed by atoms with E-state index in [1.165, 1.54) is 6.07 Å². The van der Waals surface area contributed by atoms with Crippen LogP contribution in [0.1, 0.15) is 35.0 Å². The Bertz CT molecular complexity index is 1140. The number of furan rings is 2. The van der Waals surface area contributed by atoms with E-state index in [4.69, 9.17) is 18.3 Å². The fraction of sp³-hybridized carbons (Fsp3) is 0.167. The van der Waals surface area contributed by atoms with Gasteiger partial charge in [0.2, 0.25) is 5.76 Å². The number of hydrogen-bond acceptors (Lipinski definition) is 6. The number of fused-ring (bicyclic) bond motifs is 1. The molecular formula is C24H21NO6. The van der Waals surface area contributed by atoms with Crippen molar-refractivity contribution in [2.45, 2.75) is 19.6 Å². The van der Waals surface area contributed by atoms with E-state index in [-0.39, 0.29) is 18.4 Å². The summed E-state index contributed by atoms with van der Waals surface area (Å²) in [4.78, 5) is 24.3. The molecular weight excluding hydrogens is 398 g/mol. The number of rotatable bonds is 8. The van der Waals surface area contributed by atoms with Crippen molar-refractivity contribution in [3.05, 3.63) is 90.1 Å². The standard InChI is InChI=1S/C24H21NO6/c1-16(22-13-17-7-5-6-10-20(17)31-22)25-23(26)15-29-24(27)21-12-11-19(30-21)14-28-18-8-3-2-4-9-18/h2-13,16H,14-15H2,1H3,(H,25,26)/t16-/m1/s1. The highest BCUT2D eigenvalue weighted by molar-refractivity contribution is 5.89. The molecule has 4 rings (SSSR count). The fourth-order valence-corrected chi connectivity index (χ4v) is 3.01. The van der Waals surface area contributed by atoms with Crippen molar-refractivity contribution in [2.75, 3.05) is 6.61 Å². The molecule has 0 aliphatic heterocycles. The third kappa shape index (κ3) is 5.14. The molecule has 2 aromatic heterocycles. The van der Waals surface area contributed by atoms with Crippen molar-refractivity contribution >= 4 is 22.8 Å². The van der Waals surface area contributed by atoms with Crippen LogP contribution in [0.5, 0.6) is 5.75 Å². The van der Waals surface area contributed by atoms with Crippen molar-refractivity contribution in [1.82, 2.24) is 5.32 Å². The summed E-state index contributed by atoms with van der Waals surface area (Å²) in [6.45, 7) is 1.54. The number of benzene rings is 2. The molecule has 2 heterocycles. The molecule has 0 saturated heterocycles. The molecule has 0 fully saturated rings. The van der Waals surface area contributed by atoms with Gasteiger partial charge in [0, 0.05) is 5.39 Å². The topological polar surface area (TPSA) is 90.9 Å². The lowest BCUT2D eigenvalue weighted by Gasteiger charge is -2.11. The summed E-state index contributed by atoms with van der Waals surface area (Å²) in [5.74, 6) is 0.620. The van der Waals surface area contributed by atoms with Gasteiger partial charge in [-0.05, 0) is 43.3 Å². The second-order valence-corrected chi connectivity index (χ2v) is 6.92. The van der Waals surface area contributed by atoms with E-state index in [2.05, 4.69) is 5.32 Å². The highest BCUT2D eigenvalue weighted by Gasteiger charge is 2.18. The second-order valence-electron chi connectivity index (χ2n) is 6.92. The Hall–Kier alpha value is -4.00. The van der Waals surface area contributed by atoms with Gasteiger partial charge < -0.3 is 23.6 Å². The van der Waals surface area contributed by atoms with Crippen LogP contribution in [-0.4, -0.2) is 18.5 Å². The summed E-state index contributed by atoms with van der Waals surface area (Å²) in [7, 11) is 0. The summed E-state index contributed by atoms with van der Waals surface area (Å²) in [5.41, 5.74) is 0.745. The van der Waals surface area contributed by atoms with Crippen molar-refractivity contribution in [1.29, 1.82) is 0 Å². The maximum Gasteiger partial charge on any atom is 0.374 e. The first-order chi connectivity index (χ1) is 15.1. The van der Waals surface area contributed by atoms with Gasteiger partial charge in [0.25, 0.3) is 5.91 Å². The van der Waals surface area contributed by atoms with E-state index in [0.717, 1.165) is 11.0 Å². The van der Waals surface area contributed by atoms with Crippen LogP contribution in [0, 0.1) is 0 Å². The van der Waals surface area contributed by atoms with Crippen LogP contribution in [0.15, 0.2) is 81.6 Å². The summed E-state index contributed by atoms with van der Waals surface area (Å²) in [6, 6.07) is 21.5. The molecule has 7 nitrogen and oxygen atoms in total. The molecule has 7 heteroatoms. The zero-order chi connectivity index (χ0) is 21.6. The molecule has 1 atom stereocenters. The Kier molecular flexibility index (Phi) is 6.03. The molecule has 0 spiro atoms. The highest BCUT2D eigenvalue weighted by atomic mass is 16.6. The predicted octanol–water partition coefficient (Wildman–Crippen LogP) is 4.64. The largest absolute Gasteiger partial charge is 0.486 e. The lowest BCUT2D eigenvalue weighted by molar-refractivity contribution is -0.125. The van der Waals surface area contributed by atoms with Crippen LogP contribution in [0.25, 0.3) is 11.0 Å². The van der Waals surface area contributed by atoms with Gasteiger partial charge in [-0.25, -0.2) is 4.79 Å². The number of amides is 1. The molecule has 0 saturated carbocycles. The number of hydrogen-bond donors (Lipinski definition) is 1. The fourth-order valence-electron chi connectivity index (χ4n) is 3.01. The van der Waals surface area contributed by atoms with E-state index in [1.54, 1.807) is 13.0 Å². The van der Waals surface area contributed by atoms with Gasteiger partial charge in [0.15, 0.2) is 6.61 Å². The summed E-state index contributed by atoms with van der Waals surface area (Å²) in [6.07, 6.45) is 0. The molecule has 1 N–H and O–H groups in total. The van der Waals surface area contributed by atoms with E-state index >= 15 is 0 Å². The lowest BCUT2D eigenvalue weighted by Crippen LogP contribution is -2.30. The third-order valence-corrected chi connectivity index (χ3v) is 4.57. The van der Waals surface area contributed by atoms with E-state index in [9.17, 15) is 9.59 Å². The Balaban J connectivity index is 1.25. The molecule has 0 aliphatic carbocycles. The minimum Gasteiger partial charge on any atom is -0.486 e. The average molecular weight is 419 g/mol. The van der Waals surface area contributed by atoms with Crippen molar-refractivity contribution in [2.24, 2.45) is 0 Å². The van der Waals surface area contributed by atoms with Crippen LogP contribution < -0.4 is 10.1 Å². The molecule has 0 bridgehead atoms. The third-order valence-electron chi connectivity index (χ3n) is 4.57. The molecule has 4 aromatic rings. The predicted molar refractivity (Wildman–Crippen MR) is 113 cm³/mol. The lowest BCUT2D eigenvalue weighted by atomic mass is 10.2. The first-order valence-electron chi connectivity index (χ1n) is 9.80. The van der Waals surface area contributed by atoms with Gasteiger partial charge >= 0.3 is 5.97 Å². The normalized spacial score (nSPS) is 11.8. The Morgan fingerprint density at radius 1 is 0.968 bits per heavy atom. The van der Waals surface area contributed by atoms with Crippen LogP contribution >= 0.6 is 0 Å². The summed E-state index contributed by atoms with van der Waals surface area (Å²) in [5, 5.41) is 3.70.